The van der Waals surface area contributed by atoms with Crippen molar-refractivity contribution in [1.82, 2.24) is 9.29 Å². The molecule has 0 saturated heterocycles. The number of sulfonamides is 1. The van der Waals surface area contributed by atoms with E-state index in [-0.39, 0.29) is 17.0 Å². The van der Waals surface area contributed by atoms with Gasteiger partial charge in [0.2, 0.25) is 10.0 Å². The second-order valence-electron chi connectivity index (χ2n) is 5.79. The van der Waals surface area contributed by atoms with Gasteiger partial charge in [-0.3, -0.25) is 0 Å². The van der Waals surface area contributed by atoms with Crippen LogP contribution < -0.4 is 4.72 Å². The van der Waals surface area contributed by atoms with E-state index in [1.807, 2.05) is 26.0 Å². The summed E-state index contributed by atoms with van der Waals surface area (Å²) in [4.78, 5) is 0.0140. The van der Waals surface area contributed by atoms with Crippen molar-refractivity contribution in [3.05, 3.63) is 52.8 Å². The summed E-state index contributed by atoms with van der Waals surface area (Å²) >= 11 is 0. The van der Waals surface area contributed by atoms with Gasteiger partial charge in [0.05, 0.1) is 10.5 Å². The number of aryl methyl sites for hydroxylation is 1. The van der Waals surface area contributed by atoms with E-state index in [4.69, 9.17) is 5.26 Å². The standard InChI is InChI=1S/C17H21N3O2S/c1-12(2)20-13(3)9-16(14(20)4)11-19-23(21,22)17-8-6-5-7-15(17)10-18/h5-9,12,19H,11H2,1-4H3. The second-order valence-corrected chi connectivity index (χ2v) is 7.53. The highest BCUT2D eigenvalue weighted by Gasteiger charge is 2.19. The molecule has 23 heavy (non-hydrogen) atoms. The number of nitrogens with one attached hydrogen (secondary N) is 1. The lowest BCUT2D eigenvalue weighted by atomic mass is 10.2. The number of nitriles is 1. The molecular formula is C17H21N3O2S. The van der Waals surface area contributed by atoms with E-state index in [0.717, 1.165) is 17.0 Å². The first-order chi connectivity index (χ1) is 10.8. The van der Waals surface area contributed by atoms with Crippen molar-refractivity contribution in [2.45, 2.75) is 45.2 Å². The van der Waals surface area contributed by atoms with Crippen molar-refractivity contribution in [2.24, 2.45) is 0 Å². The fourth-order valence-electron chi connectivity index (χ4n) is 2.86. The first kappa shape index (κ1) is 17.3. The number of aromatic nitrogens is 1. The monoisotopic (exact) mass is 331 g/mol. The Bertz CT molecular complexity index is 858. The van der Waals surface area contributed by atoms with Crippen LogP contribution >= 0.6 is 0 Å². The Hall–Kier alpha value is -2.10. The summed E-state index contributed by atoms with van der Waals surface area (Å²) in [5.41, 5.74) is 3.24. The summed E-state index contributed by atoms with van der Waals surface area (Å²) in [6, 6.07) is 10.4. The Morgan fingerprint density at radius 3 is 2.48 bits per heavy atom. The molecule has 2 rings (SSSR count). The molecule has 0 saturated carbocycles. The van der Waals surface area contributed by atoms with E-state index in [0.29, 0.717) is 6.04 Å². The molecule has 6 heteroatoms. The van der Waals surface area contributed by atoms with Gasteiger partial charge in [-0.2, -0.15) is 5.26 Å². The Balaban J connectivity index is 2.27. The lowest BCUT2D eigenvalue weighted by Crippen LogP contribution is -2.24. The van der Waals surface area contributed by atoms with E-state index < -0.39 is 10.0 Å². The van der Waals surface area contributed by atoms with E-state index in [2.05, 4.69) is 23.1 Å². The molecule has 0 atom stereocenters. The van der Waals surface area contributed by atoms with Crippen LogP contribution in [0.15, 0.2) is 35.2 Å². The zero-order chi connectivity index (χ0) is 17.2. The molecule has 1 heterocycles. The van der Waals surface area contributed by atoms with Crippen LogP contribution in [0.4, 0.5) is 0 Å². The minimum absolute atomic E-state index is 0.0140. The molecule has 0 aliphatic rings. The molecule has 0 bridgehead atoms. The molecule has 1 aromatic heterocycles. The van der Waals surface area contributed by atoms with Gasteiger partial charge in [-0.25, -0.2) is 13.1 Å². The van der Waals surface area contributed by atoms with Crippen molar-refractivity contribution < 1.29 is 8.42 Å². The van der Waals surface area contributed by atoms with Gasteiger partial charge in [0.25, 0.3) is 0 Å². The van der Waals surface area contributed by atoms with E-state index in [1.54, 1.807) is 12.1 Å². The topological polar surface area (TPSA) is 74.9 Å². The van der Waals surface area contributed by atoms with Crippen molar-refractivity contribution in [2.75, 3.05) is 0 Å². The summed E-state index contributed by atoms with van der Waals surface area (Å²) < 4.78 is 29.7. The van der Waals surface area contributed by atoms with Gasteiger partial charge in [0.15, 0.2) is 0 Å². The first-order valence-electron chi connectivity index (χ1n) is 7.44. The molecule has 0 radical (unpaired) electrons. The molecule has 0 unspecified atom stereocenters. The van der Waals surface area contributed by atoms with Crippen LogP contribution in [0.1, 0.15) is 42.4 Å². The Kier molecular flexibility index (Phi) is 4.93. The molecule has 122 valence electrons. The first-order valence-corrected chi connectivity index (χ1v) is 8.92. The number of rotatable bonds is 5. The molecule has 1 aromatic carbocycles. The molecule has 0 spiro atoms. The van der Waals surface area contributed by atoms with Crippen LogP contribution in [0, 0.1) is 25.2 Å². The van der Waals surface area contributed by atoms with Crippen molar-refractivity contribution in [3.63, 3.8) is 0 Å². The fourth-order valence-corrected chi connectivity index (χ4v) is 4.02. The van der Waals surface area contributed by atoms with Crippen LogP contribution in [0.5, 0.6) is 0 Å². The third kappa shape index (κ3) is 3.46. The average molecular weight is 331 g/mol. The molecule has 5 nitrogen and oxygen atoms in total. The van der Waals surface area contributed by atoms with Gasteiger partial charge in [0.1, 0.15) is 6.07 Å². The lowest BCUT2D eigenvalue weighted by molar-refractivity contribution is 0.570. The van der Waals surface area contributed by atoms with E-state index in [1.165, 1.54) is 12.1 Å². The molecule has 2 aromatic rings. The lowest BCUT2D eigenvalue weighted by Gasteiger charge is -2.14. The minimum atomic E-state index is -3.72. The largest absolute Gasteiger partial charge is 0.346 e. The van der Waals surface area contributed by atoms with Crippen LogP contribution in [-0.4, -0.2) is 13.0 Å². The number of hydrogen-bond donors (Lipinski definition) is 1. The number of hydrogen-bond acceptors (Lipinski definition) is 3. The molecular weight excluding hydrogens is 310 g/mol. The predicted octanol–water partition coefficient (Wildman–Crippen LogP) is 3.04. The maximum absolute atomic E-state index is 12.5. The average Bonchev–Trinajstić information content (AvgIpc) is 2.79. The summed E-state index contributed by atoms with van der Waals surface area (Å²) in [7, 11) is -3.72. The quantitative estimate of drug-likeness (QED) is 0.915. The van der Waals surface area contributed by atoms with Gasteiger partial charge in [-0.15, -0.1) is 0 Å². The maximum Gasteiger partial charge on any atom is 0.242 e. The SMILES string of the molecule is Cc1cc(CNS(=O)(=O)c2ccccc2C#N)c(C)n1C(C)C. The Morgan fingerprint density at radius 1 is 1.26 bits per heavy atom. The van der Waals surface area contributed by atoms with Gasteiger partial charge < -0.3 is 4.57 Å². The van der Waals surface area contributed by atoms with Gasteiger partial charge >= 0.3 is 0 Å². The van der Waals surface area contributed by atoms with E-state index >= 15 is 0 Å². The van der Waals surface area contributed by atoms with Crippen molar-refractivity contribution >= 4 is 10.0 Å². The summed E-state index contributed by atoms with van der Waals surface area (Å²) in [6.07, 6.45) is 0. The summed E-state index contributed by atoms with van der Waals surface area (Å²) in [6.45, 7) is 8.39. The maximum atomic E-state index is 12.5. The van der Waals surface area contributed by atoms with Gasteiger partial charge in [-0.1, -0.05) is 12.1 Å². The normalized spacial score (nSPS) is 11.7. The Morgan fingerprint density at radius 2 is 1.91 bits per heavy atom. The molecule has 0 amide bonds. The third-order valence-corrected chi connectivity index (χ3v) is 5.31. The summed E-state index contributed by atoms with van der Waals surface area (Å²) in [5.74, 6) is 0. The minimum Gasteiger partial charge on any atom is -0.346 e. The second kappa shape index (κ2) is 6.57. The van der Waals surface area contributed by atoms with Crippen molar-refractivity contribution in [3.8, 4) is 6.07 Å². The molecule has 0 aliphatic carbocycles. The molecule has 0 fully saturated rings. The molecule has 0 aliphatic heterocycles. The molecule has 1 N–H and O–H groups in total. The van der Waals surface area contributed by atoms with Crippen LogP contribution in [0.2, 0.25) is 0 Å². The van der Waals surface area contributed by atoms with E-state index in [9.17, 15) is 8.42 Å². The van der Waals surface area contributed by atoms with Crippen LogP contribution in [0.3, 0.4) is 0 Å². The predicted molar refractivity (Wildman–Crippen MR) is 89.5 cm³/mol. The van der Waals surface area contributed by atoms with Crippen molar-refractivity contribution in [1.29, 1.82) is 5.26 Å². The Labute approximate surface area is 137 Å². The number of nitrogens with zero attached hydrogens (tertiary/aromatic N) is 2. The fraction of sp³-hybridized carbons (Fsp3) is 0.353. The smallest absolute Gasteiger partial charge is 0.242 e. The van der Waals surface area contributed by atoms with Crippen LogP contribution in [-0.2, 0) is 16.6 Å². The van der Waals surface area contributed by atoms with Gasteiger partial charge in [0, 0.05) is 24.0 Å². The van der Waals surface area contributed by atoms with Gasteiger partial charge in [-0.05, 0) is 51.5 Å². The zero-order valence-electron chi connectivity index (χ0n) is 13.8. The zero-order valence-corrected chi connectivity index (χ0v) is 14.6. The highest BCUT2D eigenvalue weighted by Crippen LogP contribution is 2.21. The highest BCUT2D eigenvalue weighted by molar-refractivity contribution is 7.89. The third-order valence-electron chi connectivity index (χ3n) is 3.86. The number of benzene rings is 1. The highest BCUT2D eigenvalue weighted by atomic mass is 32.2. The summed E-state index contributed by atoms with van der Waals surface area (Å²) in [5, 5.41) is 9.07. The van der Waals surface area contributed by atoms with Crippen LogP contribution in [0.25, 0.3) is 0 Å².